The van der Waals surface area contributed by atoms with Gasteiger partial charge in [0.05, 0.1) is 0 Å². The van der Waals surface area contributed by atoms with Gasteiger partial charge in [0.2, 0.25) is 0 Å². The first-order valence-corrected chi connectivity index (χ1v) is 7.85. The fourth-order valence-electron chi connectivity index (χ4n) is 3.16. The number of rotatable bonds is 2. The fraction of sp³-hybridized carbons (Fsp3) is 0.143. The molecule has 0 fully saturated rings. The molecule has 4 rings (SSSR count). The molecule has 0 atom stereocenters. The van der Waals surface area contributed by atoms with Crippen LogP contribution >= 0.6 is 0 Å². The highest BCUT2D eigenvalue weighted by Crippen LogP contribution is 2.29. The lowest BCUT2D eigenvalue weighted by Crippen LogP contribution is -1.88. The summed E-state index contributed by atoms with van der Waals surface area (Å²) in [5.74, 6) is 0. The molecular formula is C21H19N. The summed E-state index contributed by atoms with van der Waals surface area (Å²) >= 11 is 0. The van der Waals surface area contributed by atoms with Crippen molar-refractivity contribution in [2.24, 2.45) is 0 Å². The summed E-state index contributed by atoms with van der Waals surface area (Å²) < 4.78 is 0. The smallest absolute Gasteiger partial charge is 0.0461 e. The molecule has 1 heterocycles. The van der Waals surface area contributed by atoms with Crippen LogP contribution in [0.15, 0.2) is 60.7 Å². The van der Waals surface area contributed by atoms with Crippen LogP contribution in [-0.4, -0.2) is 4.98 Å². The highest BCUT2D eigenvalue weighted by atomic mass is 14.7. The van der Waals surface area contributed by atoms with E-state index >= 15 is 0 Å². The van der Waals surface area contributed by atoms with Gasteiger partial charge in [-0.15, -0.1) is 0 Å². The van der Waals surface area contributed by atoms with Crippen molar-refractivity contribution in [1.29, 1.82) is 0 Å². The van der Waals surface area contributed by atoms with Crippen LogP contribution in [-0.2, 0) is 6.42 Å². The van der Waals surface area contributed by atoms with Crippen molar-refractivity contribution >= 4 is 6.08 Å². The number of hydrogen-bond acceptors (Lipinski definition) is 0. The second kappa shape index (κ2) is 5.34. The van der Waals surface area contributed by atoms with Gasteiger partial charge in [0.15, 0.2) is 0 Å². The van der Waals surface area contributed by atoms with Crippen molar-refractivity contribution in [3.8, 4) is 22.4 Å². The van der Waals surface area contributed by atoms with Crippen molar-refractivity contribution in [2.45, 2.75) is 19.8 Å². The Hall–Kier alpha value is -2.54. The van der Waals surface area contributed by atoms with E-state index in [0.29, 0.717) is 0 Å². The van der Waals surface area contributed by atoms with Crippen LogP contribution in [0.5, 0.6) is 0 Å². The number of allylic oxidation sites excluding steroid dienone is 1. The summed E-state index contributed by atoms with van der Waals surface area (Å²) in [6.07, 6.45) is 6.73. The highest BCUT2D eigenvalue weighted by Gasteiger charge is 2.10. The molecule has 0 radical (unpaired) electrons. The van der Waals surface area contributed by atoms with Gasteiger partial charge in [-0.25, -0.2) is 0 Å². The maximum absolute atomic E-state index is 3.55. The van der Waals surface area contributed by atoms with Gasteiger partial charge in [0.1, 0.15) is 0 Å². The molecule has 0 spiro atoms. The van der Waals surface area contributed by atoms with Gasteiger partial charge < -0.3 is 4.98 Å². The van der Waals surface area contributed by atoms with Crippen LogP contribution in [0.25, 0.3) is 28.5 Å². The Morgan fingerprint density at radius 2 is 1.64 bits per heavy atom. The van der Waals surface area contributed by atoms with Crippen molar-refractivity contribution < 1.29 is 0 Å². The first-order chi connectivity index (χ1) is 10.8. The average molecular weight is 285 g/mol. The highest BCUT2D eigenvalue weighted by molar-refractivity contribution is 5.73. The van der Waals surface area contributed by atoms with Gasteiger partial charge in [-0.05, 0) is 60.2 Å². The fourth-order valence-corrected chi connectivity index (χ4v) is 3.16. The van der Waals surface area contributed by atoms with Gasteiger partial charge >= 0.3 is 0 Å². The third kappa shape index (κ3) is 2.39. The van der Waals surface area contributed by atoms with E-state index in [1.807, 2.05) is 0 Å². The molecule has 1 heteroatoms. The first kappa shape index (κ1) is 13.1. The van der Waals surface area contributed by atoms with E-state index in [0.717, 1.165) is 12.8 Å². The predicted molar refractivity (Wildman–Crippen MR) is 93.8 cm³/mol. The number of hydrogen-bond donors (Lipinski definition) is 1. The number of H-pyrrole nitrogens is 1. The summed E-state index contributed by atoms with van der Waals surface area (Å²) in [6.45, 7) is 2.14. The lowest BCUT2D eigenvalue weighted by Gasteiger charge is -2.05. The van der Waals surface area contributed by atoms with Crippen molar-refractivity contribution in [2.75, 3.05) is 0 Å². The van der Waals surface area contributed by atoms with Crippen LogP contribution in [0.4, 0.5) is 0 Å². The van der Waals surface area contributed by atoms with Gasteiger partial charge in [-0.2, -0.15) is 0 Å². The molecule has 0 unspecified atom stereocenters. The molecule has 0 aliphatic heterocycles. The Labute approximate surface area is 131 Å². The quantitative estimate of drug-likeness (QED) is 0.629. The SMILES string of the molecule is Cc1cccc(-c2cccc(-c3cc4c([nH]3)C=CCC4)c2)c1. The van der Waals surface area contributed by atoms with E-state index in [4.69, 9.17) is 0 Å². The Kier molecular flexibility index (Phi) is 3.19. The molecular weight excluding hydrogens is 266 g/mol. The zero-order chi connectivity index (χ0) is 14.9. The van der Waals surface area contributed by atoms with Gasteiger partial charge in [0.25, 0.3) is 0 Å². The molecule has 0 saturated heterocycles. The second-order valence-corrected chi connectivity index (χ2v) is 6.01. The molecule has 0 saturated carbocycles. The third-order valence-corrected chi connectivity index (χ3v) is 4.32. The largest absolute Gasteiger partial charge is 0.355 e. The Morgan fingerprint density at radius 1 is 0.864 bits per heavy atom. The number of aromatic nitrogens is 1. The minimum atomic E-state index is 1.14. The zero-order valence-corrected chi connectivity index (χ0v) is 12.8. The van der Waals surface area contributed by atoms with Crippen LogP contribution in [0.3, 0.4) is 0 Å². The number of benzene rings is 2. The van der Waals surface area contributed by atoms with Gasteiger partial charge in [-0.3, -0.25) is 0 Å². The third-order valence-electron chi connectivity index (χ3n) is 4.32. The minimum Gasteiger partial charge on any atom is -0.355 e. The van der Waals surface area contributed by atoms with E-state index < -0.39 is 0 Å². The van der Waals surface area contributed by atoms with Crippen molar-refractivity contribution in [3.05, 3.63) is 77.5 Å². The summed E-state index contributed by atoms with van der Waals surface area (Å²) in [6, 6.07) is 19.7. The monoisotopic (exact) mass is 285 g/mol. The van der Waals surface area contributed by atoms with Crippen LogP contribution in [0, 0.1) is 6.92 Å². The molecule has 2 aromatic carbocycles. The predicted octanol–water partition coefficient (Wildman–Crippen LogP) is 5.62. The Bertz CT molecular complexity index is 852. The lowest BCUT2D eigenvalue weighted by atomic mass is 10.00. The van der Waals surface area contributed by atoms with Crippen molar-refractivity contribution in [3.63, 3.8) is 0 Å². The van der Waals surface area contributed by atoms with Crippen LogP contribution < -0.4 is 0 Å². The maximum Gasteiger partial charge on any atom is 0.0461 e. The number of nitrogens with one attached hydrogen (secondary N) is 1. The number of fused-ring (bicyclic) bond motifs is 1. The van der Waals surface area contributed by atoms with Gasteiger partial charge in [0, 0.05) is 11.4 Å². The van der Waals surface area contributed by atoms with E-state index in [1.165, 1.54) is 39.2 Å². The van der Waals surface area contributed by atoms with E-state index in [-0.39, 0.29) is 0 Å². The molecule has 1 aliphatic rings. The molecule has 0 bridgehead atoms. The topological polar surface area (TPSA) is 15.8 Å². The summed E-state index contributed by atoms with van der Waals surface area (Å²) in [4.78, 5) is 3.55. The van der Waals surface area contributed by atoms with Crippen LogP contribution in [0.1, 0.15) is 23.2 Å². The minimum absolute atomic E-state index is 1.14. The standard InChI is InChI=1S/C21H19N/c1-15-6-4-8-16(12-15)17-9-5-10-18(13-17)21-14-19-7-2-3-11-20(19)22-21/h3-6,8-14,22H,2,7H2,1H3. The molecule has 1 aromatic heterocycles. The Balaban J connectivity index is 1.76. The number of aromatic amines is 1. The Morgan fingerprint density at radius 3 is 2.45 bits per heavy atom. The molecule has 22 heavy (non-hydrogen) atoms. The second-order valence-electron chi connectivity index (χ2n) is 6.01. The number of aryl methyl sites for hydroxylation is 2. The summed E-state index contributed by atoms with van der Waals surface area (Å²) in [5, 5.41) is 0. The first-order valence-electron chi connectivity index (χ1n) is 7.85. The summed E-state index contributed by atoms with van der Waals surface area (Å²) in [5.41, 5.74) is 9.00. The van der Waals surface area contributed by atoms with E-state index in [2.05, 4.69) is 78.7 Å². The molecule has 1 N–H and O–H groups in total. The van der Waals surface area contributed by atoms with Gasteiger partial charge in [-0.1, -0.05) is 54.1 Å². The molecule has 1 nitrogen and oxygen atoms in total. The van der Waals surface area contributed by atoms with E-state index in [9.17, 15) is 0 Å². The molecule has 0 amide bonds. The maximum atomic E-state index is 3.55. The zero-order valence-electron chi connectivity index (χ0n) is 12.8. The van der Waals surface area contributed by atoms with Crippen LogP contribution in [0.2, 0.25) is 0 Å². The average Bonchev–Trinajstić information content (AvgIpc) is 2.99. The summed E-state index contributed by atoms with van der Waals surface area (Å²) in [7, 11) is 0. The lowest BCUT2D eigenvalue weighted by molar-refractivity contribution is 0.985. The molecule has 3 aromatic rings. The van der Waals surface area contributed by atoms with Crippen molar-refractivity contribution in [1.82, 2.24) is 4.98 Å². The normalized spacial score (nSPS) is 13.1. The van der Waals surface area contributed by atoms with E-state index in [1.54, 1.807) is 0 Å². The molecule has 1 aliphatic carbocycles. The molecule has 108 valence electrons.